The average Bonchev–Trinajstić information content (AvgIpc) is 2.99. The van der Waals surface area contributed by atoms with E-state index < -0.39 is 20.8 Å². The van der Waals surface area contributed by atoms with Gasteiger partial charge in [0.25, 0.3) is 5.89 Å². The molecule has 1 aliphatic heterocycles. The van der Waals surface area contributed by atoms with E-state index in [4.69, 9.17) is 4.52 Å². The lowest BCUT2D eigenvalue weighted by Gasteiger charge is -2.28. The first-order valence-corrected chi connectivity index (χ1v) is 11.0. The van der Waals surface area contributed by atoms with Crippen molar-refractivity contribution in [2.75, 3.05) is 12.3 Å². The Morgan fingerprint density at radius 1 is 1.22 bits per heavy atom. The van der Waals surface area contributed by atoms with Crippen LogP contribution in [0.1, 0.15) is 51.4 Å². The molecule has 0 aliphatic carbocycles. The number of benzene rings is 1. The van der Waals surface area contributed by atoms with Crippen LogP contribution in [0, 0.1) is 0 Å². The van der Waals surface area contributed by atoms with E-state index in [2.05, 4.69) is 10.1 Å². The molecule has 0 N–H and O–H groups in total. The van der Waals surface area contributed by atoms with Gasteiger partial charge in [-0.2, -0.15) is 4.98 Å². The van der Waals surface area contributed by atoms with Gasteiger partial charge in [0.1, 0.15) is 5.75 Å². The van der Waals surface area contributed by atoms with Crippen molar-refractivity contribution in [1.29, 1.82) is 0 Å². The Balaban J connectivity index is 1.85. The Bertz CT molecular complexity index is 877. The molecule has 0 radical (unpaired) electrons. The van der Waals surface area contributed by atoms with E-state index in [0.717, 1.165) is 24.8 Å². The Labute approximate surface area is 159 Å². The maximum absolute atomic E-state index is 12.8. The van der Waals surface area contributed by atoms with Crippen LogP contribution in [0.5, 0.6) is 0 Å². The van der Waals surface area contributed by atoms with Gasteiger partial charge >= 0.3 is 0 Å². The SMILES string of the molecule is CC(C)S(=O)(=O)CC(=O)N1CCCCC[C@H]1c1noc(-c2ccccc2)n1. The minimum Gasteiger partial charge on any atom is -0.334 e. The summed E-state index contributed by atoms with van der Waals surface area (Å²) >= 11 is 0. The van der Waals surface area contributed by atoms with Crippen LogP contribution >= 0.6 is 0 Å². The van der Waals surface area contributed by atoms with Crippen molar-refractivity contribution in [3.8, 4) is 11.5 Å². The number of hydrogen-bond acceptors (Lipinski definition) is 6. The molecule has 2 heterocycles. The molecule has 2 aromatic rings. The zero-order valence-corrected chi connectivity index (χ0v) is 16.5. The molecule has 1 fully saturated rings. The number of rotatable bonds is 5. The van der Waals surface area contributed by atoms with Gasteiger partial charge in [-0.3, -0.25) is 4.79 Å². The fourth-order valence-electron chi connectivity index (χ4n) is 3.17. The smallest absolute Gasteiger partial charge is 0.257 e. The quantitative estimate of drug-likeness (QED) is 0.778. The fraction of sp³-hybridized carbons (Fsp3) is 0.526. The first-order valence-electron chi connectivity index (χ1n) is 9.28. The minimum absolute atomic E-state index is 0.358. The van der Waals surface area contributed by atoms with Gasteiger partial charge in [0.15, 0.2) is 15.7 Å². The molecule has 1 aromatic carbocycles. The fourth-order valence-corrected chi connectivity index (χ4v) is 4.01. The highest BCUT2D eigenvalue weighted by Crippen LogP contribution is 2.30. The molecule has 8 heteroatoms. The van der Waals surface area contributed by atoms with Crippen molar-refractivity contribution in [3.63, 3.8) is 0 Å². The standard InChI is InChI=1S/C19H25N3O4S/c1-14(2)27(24,25)13-17(23)22-12-8-4-7-11-16(22)18-20-19(26-21-18)15-9-5-3-6-10-15/h3,5-6,9-10,14,16H,4,7-8,11-13H2,1-2H3/t16-/m0/s1. The molecule has 146 valence electrons. The van der Waals surface area contributed by atoms with Crippen molar-refractivity contribution >= 4 is 15.7 Å². The summed E-state index contributed by atoms with van der Waals surface area (Å²) in [4.78, 5) is 18.9. The van der Waals surface area contributed by atoms with Crippen LogP contribution in [-0.2, 0) is 14.6 Å². The van der Waals surface area contributed by atoms with Crippen LogP contribution in [0.4, 0.5) is 0 Å². The number of likely N-dealkylation sites (tertiary alicyclic amines) is 1. The van der Waals surface area contributed by atoms with Gasteiger partial charge in [-0.1, -0.05) is 36.2 Å². The third kappa shape index (κ3) is 4.55. The molecular formula is C19H25N3O4S. The Morgan fingerprint density at radius 2 is 1.96 bits per heavy atom. The van der Waals surface area contributed by atoms with E-state index in [1.807, 2.05) is 30.3 Å². The van der Waals surface area contributed by atoms with Crippen LogP contribution in [0.25, 0.3) is 11.5 Å². The minimum atomic E-state index is -3.46. The lowest BCUT2D eigenvalue weighted by molar-refractivity contribution is -0.131. The van der Waals surface area contributed by atoms with Crippen molar-refractivity contribution in [1.82, 2.24) is 15.0 Å². The Morgan fingerprint density at radius 3 is 2.67 bits per heavy atom. The van der Waals surface area contributed by atoms with Crippen molar-refractivity contribution in [2.24, 2.45) is 0 Å². The summed E-state index contributed by atoms with van der Waals surface area (Å²) in [6.07, 6.45) is 3.45. The van der Waals surface area contributed by atoms with E-state index in [9.17, 15) is 13.2 Å². The predicted octanol–water partition coefficient (Wildman–Crippen LogP) is 3.00. The molecule has 1 aliphatic rings. The lowest BCUT2D eigenvalue weighted by Crippen LogP contribution is -2.40. The van der Waals surface area contributed by atoms with Gasteiger partial charge in [0.2, 0.25) is 5.91 Å². The lowest BCUT2D eigenvalue weighted by atomic mass is 10.1. The maximum atomic E-state index is 12.8. The highest BCUT2D eigenvalue weighted by Gasteiger charge is 2.33. The van der Waals surface area contributed by atoms with Crippen molar-refractivity contribution in [3.05, 3.63) is 36.2 Å². The number of carbonyl (C=O) groups is 1. The maximum Gasteiger partial charge on any atom is 0.257 e. The third-order valence-corrected chi connectivity index (χ3v) is 6.96. The third-order valence-electron chi connectivity index (χ3n) is 4.88. The molecule has 0 spiro atoms. The molecule has 1 saturated heterocycles. The van der Waals surface area contributed by atoms with Gasteiger partial charge in [0, 0.05) is 12.1 Å². The molecule has 27 heavy (non-hydrogen) atoms. The summed E-state index contributed by atoms with van der Waals surface area (Å²) in [6.45, 7) is 3.69. The molecule has 1 amide bonds. The monoisotopic (exact) mass is 391 g/mol. The van der Waals surface area contributed by atoms with Crippen LogP contribution in [0.15, 0.2) is 34.9 Å². The first kappa shape index (κ1) is 19.5. The highest BCUT2D eigenvalue weighted by atomic mass is 32.2. The summed E-state index contributed by atoms with van der Waals surface area (Å²) in [5.41, 5.74) is 0.810. The van der Waals surface area contributed by atoms with Gasteiger partial charge in [-0.15, -0.1) is 0 Å². The summed E-state index contributed by atoms with van der Waals surface area (Å²) in [7, 11) is -3.46. The number of carbonyl (C=O) groups excluding carboxylic acids is 1. The Kier molecular flexibility index (Phi) is 5.94. The molecular weight excluding hydrogens is 366 g/mol. The topological polar surface area (TPSA) is 93.4 Å². The number of nitrogens with zero attached hydrogens (tertiary/aromatic N) is 3. The molecule has 1 atom stereocenters. The van der Waals surface area contributed by atoms with E-state index in [1.54, 1.807) is 18.7 Å². The summed E-state index contributed by atoms with van der Waals surface area (Å²) in [5, 5.41) is 3.51. The van der Waals surface area contributed by atoms with Gasteiger partial charge in [0.05, 0.1) is 11.3 Å². The Hall–Kier alpha value is -2.22. The summed E-state index contributed by atoms with van der Waals surface area (Å²) in [6, 6.07) is 9.07. The van der Waals surface area contributed by atoms with Crippen LogP contribution in [-0.4, -0.2) is 46.9 Å². The van der Waals surface area contributed by atoms with Crippen LogP contribution in [0.2, 0.25) is 0 Å². The highest BCUT2D eigenvalue weighted by molar-refractivity contribution is 7.92. The van der Waals surface area contributed by atoms with Crippen LogP contribution < -0.4 is 0 Å². The number of sulfone groups is 1. The van der Waals surface area contributed by atoms with Gasteiger partial charge < -0.3 is 9.42 Å². The predicted molar refractivity (Wildman–Crippen MR) is 102 cm³/mol. The molecule has 7 nitrogen and oxygen atoms in total. The van der Waals surface area contributed by atoms with E-state index in [-0.39, 0.29) is 11.9 Å². The molecule has 0 unspecified atom stereocenters. The largest absolute Gasteiger partial charge is 0.334 e. The first-order chi connectivity index (χ1) is 12.9. The van der Waals surface area contributed by atoms with E-state index in [0.29, 0.717) is 24.7 Å². The van der Waals surface area contributed by atoms with E-state index in [1.165, 1.54) is 0 Å². The van der Waals surface area contributed by atoms with Gasteiger partial charge in [-0.25, -0.2) is 8.42 Å². The number of aromatic nitrogens is 2. The van der Waals surface area contributed by atoms with Crippen LogP contribution in [0.3, 0.4) is 0 Å². The second-order valence-electron chi connectivity index (χ2n) is 7.13. The molecule has 0 bridgehead atoms. The molecule has 3 rings (SSSR count). The normalized spacial score (nSPS) is 18.5. The second-order valence-corrected chi connectivity index (χ2v) is 9.69. The van der Waals surface area contributed by atoms with Crippen molar-refractivity contribution in [2.45, 2.75) is 50.8 Å². The molecule has 0 saturated carbocycles. The number of hydrogen-bond donors (Lipinski definition) is 0. The zero-order chi connectivity index (χ0) is 19.4. The summed E-state index contributed by atoms with van der Waals surface area (Å²) in [5.74, 6) is -0.0327. The molecule has 1 aromatic heterocycles. The average molecular weight is 391 g/mol. The summed E-state index contributed by atoms with van der Waals surface area (Å²) < 4.78 is 29.8. The number of amides is 1. The van der Waals surface area contributed by atoms with E-state index >= 15 is 0 Å². The van der Waals surface area contributed by atoms with Gasteiger partial charge in [-0.05, 0) is 38.8 Å². The van der Waals surface area contributed by atoms with Crippen molar-refractivity contribution < 1.29 is 17.7 Å². The zero-order valence-electron chi connectivity index (χ0n) is 15.7. The second kappa shape index (κ2) is 8.21.